The summed E-state index contributed by atoms with van der Waals surface area (Å²) < 4.78 is 39.0. The van der Waals surface area contributed by atoms with Crippen molar-refractivity contribution in [3.05, 3.63) is 59.9 Å². The number of nitrogens with zero attached hydrogens (tertiary/aromatic N) is 1. The molecule has 27 heavy (non-hydrogen) atoms. The summed E-state index contributed by atoms with van der Waals surface area (Å²) in [5, 5.41) is 3.09. The number of benzene rings is 2. The second-order valence-corrected chi connectivity index (χ2v) is 7.80. The quantitative estimate of drug-likeness (QED) is 0.600. The zero-order valence-corrected chi connectivity index (χ0v) is 16.1. The van der Waals surface area contributed by atoms with E-state index in [2.05, 4.69) is 15.0 Å². The molecule has 0 aliphatic carbocycles. The summed E-state index contributed by atoms with van der Waals surface area (Å²) in [6.07, 6.45) is 3.22. The zero-order chi connectivity index (χ0) is 19.9. The number of nitrogens with two attached hydrogens (primary N) is 1. The van der Waals surface area contributed by atoms with Gasteiger partial charge in [-0.15, -0.1) is 0 Å². The molecule has 148 valence electrons. The molecule has 0 spiro atoms. The van der Waals surface area contributed by atoms with E-state index in [4.69, 9.17) is 5.73 Å². The van der Waals surface area contributed by atoms with Gasteiger partial charge >= 0.3 is 0 Å². The molecule has 0 fully saturated rings. The fraction of sp³-hybridized carbons (Fsp3) is 0.211. The predicted molar refractivity (Wildman–Crippen MR) is 114 cm³/mol. The molecule has 0 radical (unpaired) electrons. The van der Waals surface area contributed by atoms with E-state index in [9.17, 15) is 12.8 Å². The van der Waals surface area contributed by atoms with E-state index < -0.39 is 10.0 Å². The normalized spacial score (nSPS) is 12.5. The van der Waals surface area contributed by atoms with Gasteiger partial charge in [-0.05, 0) is 48.5 Å². The highest BCUT2D eigenvalue weighted by Crippen LogP contribution is 2.28. The van der Waals surface area contributed by atoms with Crippen LogP contribution in [-0.2, 0) is 10.0 Å². The van der Waals surface area contributed by atoms with Crippen LogP contribution in [0.5, 0.6) is 0 Å². The van der Waals surface area contributed by atoms with Crippen LogP contribution >= 0.6 is 0 Å². The SMILES string of the molecule is CN=C/C=C(\N)c1cc(-c2cccc(F)c2)ccc1NCCS(=O)(=O)NC.[HH].[HH]. The minimum absolute atomic E-state index is 0. The van der Waals surface area contributed by atoms with Crippen molar-refractivity contribution in [1.29, 1.82) is 0 Å². The second kappa shape index (κ2) is 9.29. The van der Waals surface area contributed by atoms with Gasteiger partial charge in [0.05, 0.1) is 5.75 Å². The number of nitrogens with one attached hydrogen (secondary N) is 2. The maximum atomic E-state index is 13.5. The van der Waals surface area contributed by atoms with Crippen molar-refractivity contribution < 1.29 is 15.7 Å². The molecule has 0 saturated heterocycles. The Balaban J connectivity index is 0.00000392. The number of anilines is 1. The first-order chi connectivity index (χ1) is 12.9. The summed E-state index contributed by atoms with van der Waals surface area (Å²) in [6, 6.07) is 11.7. The largest absolute Gasteiger partial charge is 0.398 e. The maximum absolute atomic E-state index is 13.5. The van der Waals surface area contributed by atoms with Gasteiger partial charge in [0.2, 0.25) is 10.0 Å². The second-order valence-electron chi connectivity index (χ2n) is 5.75. The molecule has 8 heteroatoms. The van der Waals surface area contributed by atoms with Crippen LogP contribution in [-0.4, -0.2) is 41.0 Å². The Morgan fingerprint density at radius 3 is 2.67 bits per heavy atom. The Hall–Kier alpha value is -2.71. The number of halogens is 1. The smallest absolute Gasteiger partial charge is 0.213 e. The van der Waals surface area contributed by atoms with Crippen LogP contribution in [0.25, 0.3) is 16.8 Å². The minimum Gasteiger partial charge on any atom is -0.398 e. The lowest BCUT2D eigenvalue weighted by Gasteiger charge is -2.14. The summed E-state index contributed by atoms with van der Waals surface area (Å²) in [4.78, 5) is 3.89. The molecule has 2 aromatic carbocycles. The van der Waals surface area contributed by atoms with Crippen molar-refractivity contribution >= 4 is 27.6 Å². The fourth-order valence-corrected chi connectivity index (χ4v) is 3.03. The van der Waals surface area contributed by atoms with Crippen molar-refractivity contribution in [2.24, 2.45) is 10.7 Å². The molecule has 0 aromatic heterocycles. The van der Waals surface area contributed by atoms with Crippen molar-refractivity contribution in [1.82, 2.24) is 4.72 Å². The minimum atomic E-state index is -3.31. The van der Waals surface area contributed by atoms with E-state index in [1.807, 2.05) is 18.2 Å². The van der Waals surface area contributed by atoms with E-state index >= 15 is 0 Å². The number of sulfonamides is 1. The Labute approximate surface area is 162 Å². The number of allylic oxidation sites excluding steroid dienone is 1. The zero-order valence-electron chi connectivity index (χ0n) is 15.2. The average molecular weight is 395 g/mol. The molecule has 0 bridgehead atoms. The molecule has 0 aliphatic heterocycles. The molecule has 0 aliphatic rings. The standard InChI is InChI=1S/C19H23FN4O2S.2H2/c1-22-9-8-18(21)17-13-15(14-4-3-5-16(20)12-14)6-7-19(17)24-10-11-27(25,26)23-2;;/h3-9,12-13,23-24H,10-11,21H2,1-2H3;2*1H/b18-8-,22-9?;;. The highest BCUT2D eigenvalue weighted by molar-refractivity contribution is 7.89. The van der Waals surface area contributed by atoms with Gasteiger partial charge in [-0.25, -0.2) is 17.5 Å². The summed E-state index contributed by atoms with van der Waals surface area (Å²) in [7, 11) is -0.306. The Bertz CT molecular complexity index is 966. The Morgan fingerprint density at radius 2 is 2.00 bits per heavy atom. The third kappa shape index (κ3) is 5.90. The van der Waals surface area contributed by atoms with Gasteiger partial charge < -0.3 is 11.1 Å². The van der Waals surface area contributed by atoms with Crippen molar-refractivity contribution in [2.75, 3.05) is 31.7 Å². The average Bonchev–Trinajstić information content (AvgIpc) is 2.66. The molecule has 2 rings (SSSR count). The van der Waals surface area contributed by atoms with Crippen LogP contribution in [0.2, 0.25) is 0 Å². The molecule has 2 aromatic rings. The number of aliphatic imine (C=N–C) groups is 1. The first kappa shape index (κ1) is 20.6. The number of rotatable bonds is 8. The van der Waals surface area contributed by atoms with E-state index in [0.29, 0.717) is 16.9 Å². The number of hydrogen-bond donors (Lipinski definition) is 3. The summed E-state index contributed by atoms with van der Waals surface area (Å²) in [5.41, 5.74) is 9.50. The Kier molecular flexibility index (Phi) is 7.09. The third-order valence-corrected chi connectivity index (χ3v) is 5.25. The maximum Gasteiger partial charge on any atom is 0.213 e. The van der Waals surface area contributed by atoms with Gasteiger partial charge in [0.15, 0.2) is 0 Å². The molecule has 6 nitrogen and oxygen atoms in total. The summed E-state index contributed by atoms with van der Waals surface area (Å²) in [5.74, 6) is -0.399. The monoisotopic (exact) mass is 394 g/mol. The predicted octanol–water partition coefficient (Wildman–Crippen LogP) is 2.95. The van der Waals surface area contributed by atoms with Crippen LogP contribution in [0.3, 0.4) is 0 Å². The van der Waals surface area contributed by atoms with E-state index in [1.54, 1.807) is 31.5 Å². The molecule has 0 amide bonds. The lowest BCUT2D eigenvalue weighted by atomic mass is 10.00. The van der Waals surface area contributed by atoms with E-state index in [1.165, 1.54) is 19.2 Å². The van der Waals surface area contributed by atoms with Crippen LogP contribution in [0.4, 0.5) is 10.1 Å². The third-order valence-electron chi connectivity index (χ3n) is 3.89. The van der Waals surface area contributed by atoms with Gasteiger partial charge in [-0.3, -0.25) is 4.99 Å². The molecular formula is C19H27FN4O2S. The van der Waals surface area contributed by atoms with Crippen LogP contribution < -0.4 is 15.8 Å². The highest BCUT2D eigenvalue weighted by Gasteiger charge is 2.11. The lowest BCUT2D eigenvalue weighted by molar-refractivity contribution is 0.588. The molecule has 0 unspecified atom stereocenters. The van der Waals surface area contributed by atoms with E-state index in [-0.39, 0.29) is 21.0 Å². The van der Waals surface area contributed by atoms with Gasteiger partial charge in [0.25, 0.3) is 0 Å². The van der Waals surface area contributed by atoms with Gasteiger partial charge in [-0.2, -0.15) is 0 Å². The van der Waals surface area contributed by atoms with Crippen molar-refractivity contribution in [3.8, 4) is 11.1 Å². The van der Waals surface area contributed by atoms with Gasteiger partial charge in [-0.1, -0.05) is 18.2 Å². The topological polar surface area (TPSA) is 96.6 Å². The molecule has 0 heterocycles. The fourth-order valence-electron chi connectivity index (χ4n) is 2.45. The molecular weight excluding hydrogens is 367 g/mol. The lowest BCUT2D eigenvalue weighted by Crippen LogP contribution is -2.26. The first-order valence-corrected chi connectivity index (χ1v) is 9.95. The van der Waals surface area contributed by atoms with Gasteiger partial charge in [0.1, 0.15) is 5.82 Å². The van der Waals surface area contributed by atoms with Gasteiger partial charge in [0, 0.05) is 39.6 Å². The van der Waals surface area contributed by atoms with Crippen LogP contribution in [0.1, 0.15) is 8.42 Å². The first-order valence-electron chi connectivity index (χ1n) is 8.29. The van der Waals surface area contributed by atoms with Crippen molar-refractivity contribution in [3.63, 3.8) is 0 Å². The van der Waals surface area contributed by atoms with Crippen LogP contribution in [0.15, 0.2) is 53.5 Å². The van der Waals surface area contributed by atoms with E-state index in [0.717, 1.165) is 11.1 Å². The molecule has 4 N–H and O–H groups in total. The highest BCUT2D eigenvalue weighted by atomic mass is 32.2. The number of hydrogen-bond acceptors (Lipinski definition) is 5. The Morgan fingerprint density at radius 1 is 1.26 bits per heavy atom. The summed E-state index contributed by atoms with van der Waals surface area (Å²) >= 11 is 0. The molecule has 0 atom stereocenters. The van der Waals surface area contributed by atoms with Crippen molar-refractivity contribution in [2.45, 2.75) is 0 Å². The van der Waals surface area contributed by atoms with Crippen LogP contribution in [0, 0.1) is 5.82 Å². The summed E-state index contributed by atoms with van der Waals surface area (Å²) in [6.45, 7) is 0.213. The molecule has 0 saturated carbocycles.